The fourth-order valence-electron chi connectivity index (χ4n) is 1.94. The fraction of sp³-hybridized carbons (Fsp3) is 0.769. The molecule has 3 N–H and O–H groups in total. The Morgan fingerprint density at radius 2 is 2.26 bits per heavy atom. The van der Waals surface area contributed by atoms with Gasteiger partial charge < -0.3 is 5.32 Å². The lowest BCUT2D eigenvalue weighted by atomic mass is 10.0. The van der Waals surface area contributed by atoms with Crippen LogP contribution in [0.25, 0.3) is 0 Å². The summed E-state index contributed by atoms with van der Waals surface area (Å²) < 4.78 is -0.0114. The van der Waals surface area contributed by atoms with E-state index in [4.69, 9.17) is 10.8 Å². The maximum atomic E-state index is 11.8. The van der Waals surface area contributed by atoms with Crippen molar-refractivity contribution in [2.45, 2.75) is 33.2 Å². The van der Waals surface area contributed by atoms with Crippen molar-refractivity contribution < 1.29 is 14.5 Å². The Morgan fingerprint density at radius 3 is 2.79 bits per heavy atom. The molecule has 0 saturated carbocycles. The summed E-state index contributed by atoms with van der Waals surface area (Å²) in [6.07, 6.45) is 4.81. The van der Waals surface area contributed by atoms with Crippen LogP contribution >= 0.6 is 0 Å². The molecule has 1 heterocycles. The average molecular weight is 271 g/mol. The summed E-state index contributed by atoms with van der Waals surface area (Å²) in [4.78, 5) is 17.5. The van der Waals surface area contributed by atoms with Crippen molar-refractivity contribution in [3.05, 3.63) is 12.2 Å². The third-order valence-electron chi connectivity index (χ3n) is 3.56. The highest BCUT2D eigenvalue weighted by molar-refractivity contribution is 5.79. The number of hydroxylamine groups is 4. The number of carbonyl (C=O) groups excluding carboxylic acids is 1. The van der Waals surface area contributed by atoms with Gasteiger partial charge in [0.2, 0.25) is 5.91 Å². The number of carbonyl (C=O) groups is 1. The molecule has 0 aromatic carbocycles. The van der Waals surface area contributed by atoms with Gasteiger partial charge in [-0.1, -0.05) is 28.8 Å². The molecular formula is C13H27N4O2+. The molecule has 0 bridgehead atoms. The van der Waals surface area contributed by atoms with E-state index in [1.807, 2.05) is 26.1 Å². The highest BCUT2D eigenvalue weighted by Gasteiger charge is 2.50. The van der Waals surface area contributed by atoms with Crippen molar-refractivity contribution in [1.82, 2.24) is 10.4 Å². The second-order valence-electron chi connectivity index (χ2n) is 5.21. The van der Waals surface area contributed by atoms with Gasteiger partial charge in [0.05, 0.1) is 0 Å². The number of rotatable bonds is 7. The van der Waals surface area contributed by atoms with Gasteiger partial charge in [-0.25, -0.2) is 0 Å². The molecular weight excluding hydrogens is 244 g/mol. The lowest BCUT2D eigenvalue weighted by Gasteiger charge is -2.43. The minimum atomic E-state index is -0.0550. The molecule has 0 radical (unpaired) electrons. The summed E-state index contributed by atoms with van der Waals surface area (Å²) in [5, 5.41) is 4.62. The first-order chi connectivity index (χ1) is 8.91. The van der Waals surface area contributed by atoms with Crippen molar-refractivity contribution >= 4 is 5.91 Å². The minimum absolute atomic E-state index is 0.0114. The van der Waals surface area contributed by atoms with E-state index in [0.29, 0.717) is 25.7 Å². The lowest BCUT2D eigenvalue weighted by Crippen LogP contribution is -2.72. The van der Waals surface area contributed by atoms with Crippen LogP contribution in [0.1, 0.15) is 27.2 Å². The van der Waals surface area contributed by atoms with Crippen molar-refractivity contribution in [3.63, 3.8) is 0 Å². The summed E-state index contributed by atoms with van der Waals surface area (Å²) in [5.74, 6) is 6.05. The van der Waals surface area contributed by atoms with Crippen molar-refractivity contribution in [3.8, 4) is 0 Å². The standard InChI is InChI=1S/C13H26N4O2/c1-5-7-8-15-13(18)12-9-17(14,10-12)19-16(4)11(3)6-2/h5,7,11-12H,6,8-10,14H2,1-4H3/p+1/b7-5+. The Balaban J connectivity index is 2.32. The normalized spacial score (nSPS) is 28.4. The molecule has 0 aromatic heterocycles. The number of quaternary nitrogens is 1. The lowest BCUT2D eigenvalue weighted by molar-refractivity contribution is -1.17. The van der Waals surface area contributed by atoms with Crippen LogP contribution in [0.4, 0.5) is 0 Å². The zero-order valence-electron chi connectivity index (χ0n) is 12.4. The van der Waals surface area contributed by atoms with Crippen LogP contribution in [0.5, 0.6) is 0 Å². The van der Waals surface area contributed by atoms with Gasteiger partial charge in [-0.05, 0) is 20.3 Å². The average Bonchev–Trinajstić information content (AvgIpc) is 2.34. The molecule has 6 nitrogen and oxygen atoms in total. The zero-order chi connectivity index (χ0) is 14.5. The molecule has 0 aromatic rings. The Labute approximate surface area is 115 Å². The number of amides is 1. The van der Waals surface area contributed by atoms with E-state index in [0.717, 1.165) is 6.42 Å². The smallest absolute Gasteiger partial charge is 0.235 e. The van der Waals surface area contributed by atoms with Gasteiger partial charge in [0.15, 0.2) is 0 Å². The predicted molar refractivity (Wildman–Crippen MR) is 74.1 cm³/mol. The maximum Gasteiger partial charge on any atom is 0.235 e. The first-order valence-corrected chi connectivity index (χ1v) is 6.89. The number of hydrogen-bond donors (Lipinski definition) is 2. The van der Waals surface area contributed by atoms with Gasteiger partial charge in [-0.2, -0.15) is 0 Å². The van der Waals surface area contributed by atoms with Crippen LogP contribution in [0.15, 0.2) is 12.2 Å². The molecule has 1 atom stereocenters. The van der Waals surface area contributed by atoms with Gasteiger partial charge in [-0.3, -0.25) is 4.79 Å². The molecule has 0 aliphatic carbocycles. The van der Waals surface area contributed by atoms with Crippen LogP contribution in [-0.4, -0.2) is 48.4 Å². The molecule has 1 aliphatic rings. The zero-order valence-corrected chi connectivity index (χ0v) is 12.4. The van der Waals surface area contributed by atoms with E-state index in [-0.39, 0.29) is 16.6 Å². The number of nitrogens with one attached hydrogen (secondary N) is 1. The highest BCUT2D eigenvalue weighted by atomic mass is 16.9. The third-order valence-corrected chi connectivity index (χ3v) is 3.56. The molecule has 6 heteroatoms. The first-order valence-electron chi connectivity index (χ1n) is 6.89. The fourth-order valence-corrected chi connectivity index (χ4v) is 1.94. The number of hydrogen-bond acceptors (Lipinski definition) is 4. The molecule has 1 rings (SSSR count). The van der Waals surface area contributed by atoms with Gasteiger partial charge in [0, 0.05) is 19.6 Å². The van der Waals surface area contributed by atoms with Crippen LogP contribution < -0.4 is 11.2 Å². The molecule has 1 amide bonds. The predicted octanol–water partition coefficient (Wildman–Crippen LogP) is 0.576. The number of allylic oxidation sites excluding steroid dienone is 1. The third kappa shape index (κ3) is 4.58. The van der Waals surface area contributed by atoms with Crippen LogP contribution in [0.2, 0.25) is 0 Å². The summed E-state index contributed by atoms with van der Waals surface area (Å²) >= 11 is 0. The largest absolute Gasteiger partial charge is 0.352 e. The molecule has 1 fully saturated rings. The summed E-state index contributed by atoms with van der Waals surface area (Å²) in [6.45, 7) is 7.71. The Morgan fingerprint density at radius 1 is 1.63 bits per heavy atom. The summed E-state index contributed by atoms with van der Waals surface area (Å²) in [7, 11) is 1.88. The molecule has 19 heavy (non-hydrogen) atoms. The van der Waals surface area contributed by atoms with Gasteiger partial charge in [0.1, 0.15) is 19.0 Å². The van der Waals surface area contributed by atoms with E-state index in [1.54, 1.807) is 5.06 Å². The summed E-state index contributed by atoms with van der Waals surface area (Å²) in [5.41, 5.74) is 0. The van der Waals surface area contributed by atoms with Crippen molar-refractivity contribution in [2.75, 3.05) is 26.7 Å². The van der Waals surface area contributed by atoms with Crippen LogP contribution in [0.3, 0.4) is 0 Å². The van der Waals surface area contributed by atoms with Gasteiger partial charge in [-0.15, -0.1) is 10.9 Å². The minimum Gasteiger partial charge on any atom is -0.352 e. The van der Waals surface area contributed by atoms with E-state index in [2.05, 4.69) is 19.2 Å². The molecule has 1 unspecified atom stereocenters. The molecule has 110 valence electrons. The van der Waals surface area contributed by atoms with Gasteiger partial charge in [0.25, 0.3) is 0 Å². The second-order valence-corrected chi connectivity index (χ2v) is 5.21. The molecule has 0 spiro atoms. The van der Waals surface area contributed by atoms with Gasteiger partial charge >= 0.3 is 0 Å². The number of nitrogens with zero attached hydrogens (tertiary/aromatic N) is 2. The molecule has 1 aliphatic heterocycles. The van der Waals surface area contributed by atoms with Crippen molar-refractivity contribution in [2.24, 2.45) is 11.8 Å². The Hall–Kier alpha value is -0.950. The summed E-state index contributed by atoms with van der Waals surface area (Å²) in [6, 6.07) is 0.307. The topological polar surface area (TPSA) is 67.6 Å². The van der Waals surface area contributed by atoms with Crippen LogP contribution in [0, 0.1) is 5.92 Å². The second kappa shape index (κ2) is 7.00. The Kier molecular flexibility index (Phi) is 5.93. The van der Waals surface area contributed by atoms with E-state index >= 15 is 0 Å². The SMILES string of the molecule is C/C=C/CNC(=O)C1C[N+](N)(ON(C)C(C)CC)C1. The monoisotopic (exact) mass is 271 g/mol. The quantitative estimate of drug-likeness (QED) is 0.307. The first kappa shape index (κ1) is 16.1. The molecule has 1 saturated heterocycles. The van der Waals surface area contributed by atoms with E-state index in [9.17, 15) is 4.79 Å². The van der Waals surface area contributed by atoms with Crippen LogP contribution in [-0.2, 0) is 9.73 Å². The van der Waals surface area contributed by atoms with E-state index < -0.39 is 0 Å². The maximum absolute atomic E-state index is 11.8. The van der Waals surface area contributed by atoms with E-state index in [1.165, 1.54) is 0 Å². The Bertz CT molecular complexity index is 327. The number of nitrogens with two attached hydrogens (primary N) is 1. The highest BCUT2D eigenvalue weighted by Crippen LogP contribution is 2.23. The van der Waals surface area contributed by atoms with Crippen molar-refractivity contribution in [1.29, 1.82) is 0 Å².